The molecule has 0 aromatic carbocycles. The average molecular weight is 478 g/mol. The highest BCUT2D eigenvalue weighted by atomic mass is 32.2. The zero-order chi connectivity index (χ0) is 24.2. The van der Waals surface area contributed by atoms with E-state index in [0.717, 1.165) is 4.31 Å². The Morgan fingerprint density at radius 3 is 2.13 bits per heavy atom. The van der Waals surface area contributed by atoms with Crippen molar-refractivity contribution in [2.75, 3.05) is 13.1 Å². The number of carbonyl (C=O) groups is 2. The molecule has 2 rings (SSSR count). The molecule has 0 aromatic rings. The molecule has 0 radical (unpaired) electrons. The number of alkyl halides is 3. The van der Waals surface area contributed by atoms with E-state index in [1.165, 1.54) is 0 Å². The first kappa shape index (κ1) is 27.5. The van der Waals surface area contributed by atoms with Gasteiger partial charge >= 0.3 is 25.2 Å². The molecule has 0 unspecified atom stereocenters. The molecule has 0 spiro atoms. The van der Waals surface area contributed by atoms with E-state index in [1.54, 1.807) is 0 Å². The summed E-state index contributed by atoms with van der Waals surface area (Å²) in [4.78, 5) is 20.4. The molecule has 1 saturated heterocycles. The zero-order valence-electron chi connectivity index (χ0n) is 16.3. The second kappa shape index (κ2) is 10.4. The Hall–Kier alpha value is -1.50. The Labute approximate surface area is 176 Å². The fourth-order valence-corrected chi connectivity index (χ4v) is 4.78. The van der Waals surface area contributed by atoms with Crippen molar-refractivity contribution in [3.8, 4) is 0 Å². The Morgan fingerprint density at radius 1 is 1.23 bits per heavy atom. The molecule has 2 fully saturated rings. The number of nitrogens with one attached hydrogen (secondary N) is 1. The van der Waals surface area contributed by atoms with Gasteiger partial charge in [-0.1, -0.05) is 6.42 Å². The van der Waals surface area contributed by atoms with Crippen molar-refractivity contribution in [1.82, 2.24) is 9.03 Å². The number of nitrogens with zero attached hydrogens (tertiary/aromatic N) is 1. The van der Waals surface area contributed by atoms with E-state index < -0.39 is 46.9 Å². The van der Waals surface area contributed by atoms with Crippen molar-refractivity contribution in [2.45, 2.75) is 55.8 Å². The summed E-state index contributed by atoms with van der Waals surface area (Å²) in [6.07, 6.45) is -3.26. The lowest BCUT2D eigenvalue weighted by molar-refractivity contribution is -0.192. The molecule has 9 N–H and O–H groups in total. The van der Waals surface area contributed by atoms with Gasteiger partial charge in [0.1, 0.15) is 5.54 Å². The Kier molecular flexibility index (Phi) is 9.25. The number of hydrogen-bond donors (Lipinski definition) is 7. The zero-order valence-corrected chi connectivity index (χ0v) is 17.1. The van der Waals surface area contributed by atoms with E-state index >= 15 is 0 Å². The molecule has 1 aliphatic carbocycles. The normalized spacial score (nSPS) is 28.9. The summed E-state index contributed by atoms with van der Waals surface area (Å²) in [7, 11) is -5.32. The van der Waals surface area contributed by atoms with Crippen molar-refractivity contribution in [3.63, 3.8) is 0 Å². The summed E-state index contributed by atoms with van der Waals surface area (Å²) < 4.78 is 60.2. The minimum absolute atomic E-state index is 0.0124. The van der Waals surface area contributed by atoms with Gasteiger partial charge in [-0.15, -0.1) is 0 Å². The van der Waals surface area contributed by atoms with Crippen molar-refractivity contribution in [2.24, 2.45) is 17.4 Å². The highest BCUT2D eigenvalue weighted by Crippen LogP contribution is 2.32. The monoisotopic (exact) mass is 478 g/mol. The lowest BCUT2D eigenvalue weighted by Crippen LogP contribution is -2.56. The first-order valence-corrected chi connectivity index (χ1v) is 10.6. The third-order valence-corrected chi connectivity index (χ3v) is 6.67. The van der Waals surface area contributed by atoms with Gasteiger partial charge in [-0.3, -0.25) is 4.79 Å². The van der Waals surface area contributed by atoms with Gasteiger partial charge in [0.05, 0.1) is 0 Å². The van der Waals surface area contributed by atoms with Gasteiger partial charge in [-0.25, -0.2) is 4.79 Å². The largest absolute Gasteiger partial charge is 0.490 e. The molecule has 180 valence electrons. The van der Waals surface area contributed by atoms with Crippen LogP contribution in [0.15, 0.2) is 0 Å². The van der Waals surface area contributed by atoms with Crippen LogP contribution in [0.1, 0.15) is 25.7 Å². The number of halogens is 3. The fraction of sp³-hybridized carbons (Fsp3) is 0.857. The second-order valence-corrected chi connectivity index (χ2v) is 9.30. The molecule has 0 amide bonds. The number of carboxylic acids is 2. The maximum absolute atomic E-state index is 12.4. The summed E-state index contributed by atoms with van der Waals surface area (Å²) in [6, 6.07) is -0.243. The summed E-state index contributed by atoms with van der Waals surface area (Å²) >= 11 is 0. The number of rotatable bonds is 8. The molecule has 1 aliphatic heterocycles. The molecule has 2 aliphatic rings. The molecule has 1 saturated carbocycles. The van der Waals surface area contributed by atoms with Crippen LogP contribution >= 0.6 is 0 Å². The van der Waals surface area contributed by atoms with Gasteiger partial charge in [0.25, 0.3) is 10.2 Å². The van der Waals surface area contributed by atoms with Gasteiger partial charge in [0, 0.05) is 31.1 Å². The highest BCUT2D eigenvalue weighted by molar-refractivity contribution is 7.87. The molecule has 1 heterocycles. The van der Waals surface area contributed by atoms with E-state index in [4.69, 9.17) is 31.4 Å². The standard InChI is InChI=1S/C12H25BN4O6S.C2HF3O2/c14-9-4-10(5-9)16-24(22,23)17-6-8(2-1-3-13(20)21)12(15,7-17)11(18)19;3-2(4,5)1(6)7/h8-10,16,20-21H,1-7,14-15H2,(H,18,19);(H,6,7)/t8-,9-,10-,12-;/m1./s1. The summed E-state index contributed by atoms with van der Waals surface area (Å²) in [5.74, 6) is -4.62. The summed E-state index contributed by atoms with van der Waals surface area (Å²) in [5, 5.41) is 34.3. The molecule has 31 heavy (non-hydrogen) atoms. The van der Waals surface area contributed by atoms with E-state index in [0.29, 0.717) is 25.7 Å². The van der Waals surface area contributed by atoms with Crippen molar-refractivity contribution in [3.05, 3.63) is 0 Å². The molecule has 2 atom stereocenters. The van der Waals surface area contributed by atoms with Gasteiger partial charge in [-0.05, 0) is 25.6 Å². The van der Waals surface area contributed by atoms with Crippen LogP contribution in [-0.2, 0) is 19.8 Å². The number of carboxylic acid groups (broad SMARTS) is 2. The molecule has 17 heteroatoms. The maximum Gasteiger partial charge on any atom is 0.490 e. The quantitative estimate of drug-likeness (QED) is 0.189. The van der Waals surface area contributed by atoms with Crippen molar-refractivity contribution in [1.29, 1.82) is 0 Å². The maximum atomic E-state index is 12.4. The third kappa shape index (κ3) is 7.85. The van der Waals surface area contributed by atoms with Crippen LogP contribution in [-0.4, -0.2) is 88.9 Å². The van der Waals surface area contributed by atoms with Gasteiger partial charge < -0.3 is 31.7 Å². The SMILES string of the molecule is N[C@]1(C(=O)O)CN(S(=O)(=O)N[C@H]2C[C@H](N)C2)C[C@H]1CCCB(O)O.O=C(O)C(F)(F)F. The van der Waals surface area contributed by atoms with Crippen LogP contribution < -0.4 is 16.2 Å². The van der Waals surface area contributed by atoms with E-state index in [2.05, 4.69) is 4.72 Å². The fourth-order valence-electron chi connectivity index (χ4n) is 3.26. The summed E-state index contributed by atoms with van der Waals surface area (Å²) in [5.41, 5.74) is 9.92. The molecular weight excluding hydrogens is 452 g/mol. The second-order valence-electron chi connectivity index (χ2n) is 7.60. The van der Waals surface area contributed by atoms with Gasteiger partial charge in [0.15, 0.2) is 0 Å². The minimum atomic E-state index is -5.08. The van der Waals surface area contributed by atoms with Crippen LogP contribution in [0.2, 0.25) is 6.32 Å². The van der Waals surface area contributed by atoms with Gasteiger partial charge in [0.2, 0.25) is 0 Å². The Bertz CT molecular complexity index is 750. The van der Waals surface area contributed by atoms with Crippen LogP contribution in [0.3, 0.4) is 0 Å². The smallest absolute Gasteiger partial charge is 0.480 e. The van der Waals surface area contributed by atoms with Crippen molar-refractivity contribution < 1.29 is 51.4 Å². The lowest BCUT2D eigenvalue weighted by Gasteiger charge is -2.34. The minimum Gasteiger partial charge on any atom is -0.480 e. The lowest BCUT2D eigenvalue weighted by atomic mass is 9.78. The van der Waals surface area contributed by atoms with Gasteiger partial charge in [-0.2, -0.15) is 30.6 Å². The molecular formula is C14H26BF3N4O8S. The predicted molar refractivity (Wildman–Crippen MR) is 101 cm³/mol. The molecule has 12 nitrogen and oxygen atoms in total. The predicted octanol–water partition coefficient (Wildman–Crippen LogP) is -2.09. The van der Waals surface area contributed by atoms with Crippen LogP contribution in [0.25, 0.3) is 0 Å². The van der Waals surface area contributed by atoms with Crippen LogP contribution in [0.5, 0.6) is 0 Å². The van der Waals surface area contributed by atoms with E-state index in [-0.39, 0.29) is 31.5 Å². The number of nitrogens with two attached hydrogens (primary N) is 2. The third-order valence-electron chi connectivity index (χ3n) is 5.08. The summed E-state index contributed by atoms with van der Waals surface area (Å²) in [6.45, 7) is -0.332. The number of aliphatic carboxylic acids is 2. The highest BCUT2D eigenvalue weighted by Gasteiger charge is 2.52. The first-order valence-electron chi connectivity index (χ1n) is 9.20. The number of hydrogen-bond acceptors (Lipinski definition) is 8. The van der Waals surface area contributed by atoms with Crippen LogP contribution in [0.4, 0.5) is 13.2 Å². The van der Waals surface area contributed by atoms with Crippen LogP contribution in [0, 0.1) is 5.92 Å². The van der Waals surface area contributed by atoms with E-state index in [1.807, 2.05) is 0 Å². The molecule has 0 aromatic heterocycles. The van der Waals surface area contributed by atoms with E-state index in [9.17, 15) is 31.5 Å². The average Bonchev–Trinajstić information content (AvgIpc) is 2.92. The van der Waals surface area contributed by atoms with Crippen molar-refractivity contribution >= 4 is 29.3 Å². The first-order chi connectivity index (χ1) is 14.0. The topological polar surface area (TPSA) is 217 Å². The molecule has 0 bridgehead atoms. The Balaban J connectivity index is 0.000000592. The Morgan fingerprint density at radius 2 is 1.74 bits per heavy atom.